The van der Waals surface area contributed by atoms with Crippen LogP contribution >= 0.6 is 7.29 Å². The van der Waals surface area contributed by atoms with Crippen LogP contribution in [0.2, 0.25) is 0 Å². The zero-order chi connectivity index (χ0) is 10.8. The molecule has 1 rings (SSSR count). The molecule has 2 unspecified atom stereocenters. The predicted octanol–water partition coefficient (Wildman–Crippen LogP) is 1.57. The molecule has 0 aromatic heterocycles. The van der Waals surface area contributed by atoms with Gasteiger partial charge < -0.3 is 9.30 Å². The quantitative estimate of drug-likeness (QED) is 0.571. The van der Waals surface area contributed by atoms with Crippen LogP contribution in [-0.2, 0) is 9.30 Å². The molecule has 0 aromatic rings. The van der Waals surface area contributed by atoms with E-state index in [0.717, 1.165) is 12.8 Å². The Bertz CT molecular complexity index is 237. The molecular formula is C9H19BNO2P. The summed E-state index contributed by atoms with van der Waals surface area (Å²) >= 11 is 0. The summed E-state index contributed by atoms with van der Waals surface area (Å²) in [6.07, 6.45) is 2.46. The highest BCUT2D eigenvalue weighted by Gasteiger charge is 2.33. The highest BCUT2D eigenvalue weighted by atomic mass is 31.2. The van der Waals surface area contributed by atoms with Crippen molar-refractivity contribution in [2.75, 3.05) is 12.8 Å². The van der Waals surface area contributed by atoms with Crippen LogP contribution in [0.15, 0.2) is 0 Å². The van der Waals surface area contributed by atoms with Crippen molar-refractivity contribution in [2.45, 2.75) is 44.8 Å². The molecule has 2 radical (unpaired) electrons. The Balaban J connectivity index is 2.55. The van der Waals surface area contributed by atoms with E-state index >= 15 is 0 Å². The molecule has 0 aliphatic carbocycles. The van der Waals surface area contributed by atoms with Gasteiger partial charge in [-0.05, 0) is 12.8 Å². The zero-order valence-corrected chi connectivity index (χ0v) is 10.1. The number of nitrogens with one attached hydrogen (secondary N) is 1. The summed E-state index contributed by atoms with van der Waals surface area (Å²) in [5, 5.41) is 3.19. The average molecular weight is 215 g/mol. The lowest BCUT2D eigenvalue weighted by Crippen LogP contribution is -2.34. The molecule has 0 spiro atoms. The Labute approximate surface area is 87.8 Å². The molecular weight excluding hydrogens is 196 g/mol. The van der Waals surface area contributed by atoms with Gasteiger partial charge in [-0.25, -0.2) is 0 Å². The Morgan fingerprint density at radius 2 is 2.21 bits per heavy atom. The highest BCUT2D eigenvalue weighted by molar-refractivity contribution is 7.61. The largest absolute Gasteiger partial charge is 0.383 e. The van der Waals surface area contributed by atoms with Crippen molar-refractivity contribution in [3.63, 3.8) is 0 Å². The third-order valence-electron chi connectivity index (χ3n) is 2.73. The summed E-state index contributed by atoms with van der Waals surface area (Å²) in [5.74, 6) is 0. The number of rotatable bonds is 4. The minimum Gasteiger partial charge on any atom is -0.383 e. The van der Waals surface area contributed by atoms with Crippen molar-refractivity contribution in [1.82, 2.24) is 5.09 Å². The molecule has 0 aromatic carbocycles. The summed E-state index contributed by atoms with van der Waals surface area (Å²) in [7, 11) is 3.51. The van der Waals surface area contributed by atoms with E-state index in [-0.39, 0.29) is 18.1 Å². The zero-order valence-electron chi connectivity index (χ0n) is 9.19. The minimum absolute atomic E-state index is 0.116. The molecule has 1 heterocycles. The molecule has 4 atom stereocenters. The van der Waals surface area contributed by atoms with Gasteiger partial charge in [0.05, 0.1) is 6.10 Å². The van der Waals surface area contributed by atoms with Gasteiger partial charge in [0, 0.05) is 24.9 Å². The maximum atomic E-state index is 11.9. The first kappa shape index (κ1) is 12.3. The third kappa shape index (κ3) is 3.11. The molecule has 1 aliphatic rings. The van der Waals surface area contributed by atoms with E-state index in [1.807, 2.05) is 6.92 Å². The van der Waals surface area contributed by atoms with Crippen LogP contribution in [0.4, 0.5) is 0 Å². The topological polar surface area (TPSA) is 38.3 Å². The number of hydrogen-bond donors (Lipinski definition) is 1. The second kappa shape index (κ2) is 4.83. The fourth-order valence-electron chi connectivity index (χ4n) is 1.74. The van der Waals surface area contributed by atoms with Crippen LogP contribution in [-0.4, -0.2) is 38.8 Å². The first-order valence-corrected chi connectivity index (χ1v) is 7.57. The van der Waals surface area contributed by atoms with Gasteiger partial charge in [-0.2, -0.15) is 0 Å². The van der Waals surface area contributed by atoms with Crippen molar-refractivity contribution in [1.29, 1.82) is 0 Å². The lowest BCUT2D eigenvalue weighted by molar-refractivity contribution is 0.0783. The van der Waals surface area contributed by atoms with Crippen molar-refractivity contribution in [3.05, 3.63) is 0 Å². The molecule has 80 valence electrons. The van der Waals surface area contributed by atoms with Crippen molar-refractivity contribution >= 4 is 15.1 Å². The standard InChI is InChI=1S/C9H19BNO2P/c1-4-8-7(6-9(10)13-8)11-14(3,12)5-2/h7-9H,4-6H2,1-3H3,(H,11,12)/t7?,8-,9-,14?/m1/s1. The van der Waals surface area contributed by atoms with E-state index < -0.39 is 7.29 Å². The smallest absolute Gasteiger partial charge is 0.144 e. The van der Waals surface area contributed by atoms with Gasteiger partial charge in [0.25, 0.3) is 0 Å². The van der Waals surface area contributed by atoms with E-state index in [0.29, 0.717) is 6.16 Å². The summed E-state index contributed by atoms with van der Waals surface area (Å²) in [5.41, 5.74) is 0. The summed E-state index contributed by atoms with van der Waals surface area (Å²) in [4.78, 5) is 0. The second-order valence-electron chi connectivity index (χ2n) is 4.01. The maximum Gasteiger partial charge on any atom is 0.144 e. The van der Waals surface area contributed by atoms with Gasteiger partial charge in [0.2, 0.25) is 0 Å². The van der Waals surface area contributed by atoms with Crippen LogP contribution in [0.5, 0.6) is 0 Å². The van der Waals surface area contributed by atoms with Gasteiger partial charge in [-0.15, -0.1) is 0 Å². The van der Waals surface area contributed by atoms with Crippen LogP contribution in [0.25, 0.3) is 0 Å². The fraction of sp³-hybridized carbons (Fsp3) is 1.00. The molecule has 3 nitrogen and oxygen atoms in total. The molecule has 1 N–H and O–H groups in total. The molecule has 14 heavy (non-hydrogen) atoms. The van der Waals surface area contributed by atoms with Gasteiger partial charge in [0.15, 0.2) is 0 Å². The van der Waals surface area contributed by atoms with E-state index in [2.05, 4.69) is 12.0 Å². The van der Waals surface area contributed by atoms with Crippen LogP contribution in [0.3, 0.4) is 0 Å². The normalized spacial score (nSPS) is 36.9. The molecule has 0 saturated carbocycles. The van der Waals surface area contributed by atoms with E-state index in [4.69, 9.17) is 12.6 Å². The molecule has 1 saturated heterocycles. The van der Waals surface area contributed by atoms with Gasteiger partial charge in [0.1, 0.15) is 15.1 Å². The molecule has 1 aliphatic heterocycles. The van der Waals surface area contributed by atoms with Gasteiger partial charge >= 0.3 is 0 Å². The maximum absolute atomic E-state index is 11.9. The monoisotopic (exact) mass is 215 g/mol. The lowest BCUT2D eigenvalue weighted by atomic mass is 9.95. The van der Waals surface area contributed by atoms with Crippen molar-refractivity contribution in [3.8, 4) is 0 Å². The van der Waals surface area contributed by atoms with E-state index in [1.54, 1.807) is 6.66 Å². The summed E-state index contributed by atoms with van der Waals surface area (Å²) in [6, 6.07) is -0.0416. The average Bonchev–Trinajstić information content (AvgIpc) is 2.45. The lowest BCUT2D eigenvalue weighted by Gasteiger charge is -2.22. The van der Waals surface area contributed by atoms with Crippen molar-refractivity contribution < 1.29 is 9.30 Å². The van der Waals surface area contributed by atoms with E-state index in [1.165, 1.54) is 0 Å². The highest BCUT2D eigenvalue weighted by Crippen LogP contribution is 2.38. The Morgan fingerprint density at radius 3 is 2.71 bits per heavy atom. The Kier molecular flexibility index (Phi) is 4.23. The second-order valence-corrected chi connectivity index (χ2v) is 7.10. The summed E-state index contributed by atoms with van der Waals surface area (Å²) in [6.45, 7) is 5.78. The molecule has 0 bridgehead atoms. The fourth-order valence-corrected chi connectivity index (χ4v) is 2.89. The van der Waals surface area contributed by atoms with Crippen LogP contribution in [0.1, 0.15) is 26.7 Å². The van der Waals surface area contributed by atoms with Crippen LogP contribution < -0.4 is 5.09 Å². The van der Waals surface area contributed by atoms with Gasteiger partial charge in [-0.1, -0.05) is 13.8 Å². The number of ether oxygens (including phenoxy) is 1. The molecule has 5 heteroatoms. The Hall–Kier alpha value is 0.215. The third-order valence-corrected chi connectivity index (χ3v) is 4.81. The SMILES string of the molecule is [B][C@H]1CC(NP(C)(=O)CC)[C@@H](CC)O1. The summed E-state index contributed by atoms with van der Waals surface area (Å²) < 4.78 is 17.4. The first-order valence-electron chi connectivity index (χ1n) is 5.24. The first-order chi connectivity index (χ1) is 6.48. The predicted molar refractivity (Wildman–Crippen MR) is 60.3 cm³/mol. The molecule has 0 amide bonds. The van der Waals surface area contributed by atoms with Crippen molar-refractivity contribution in [2.24, 2.45) is 0 Å². The molecule has 1 fully saturated rings. The Morgan fingerprint density at radius 1 is 1.57 bits per heavy atom. The van der Waals surface area contributed by atoms with E-state index in [9.17, 15) is 4.57 Å². The van der Waals surface area contributed by atoms with Gasteiger partial charge in [-0.3, -0.25) is 5.09 Å². The number of hydrogen-bond acceptors (Lipinski definition) is 2. The minimum atomic E-state index is -2.19. The van der Waals surface area contributed by atoms with Crippen LogP contribution in [0, 0.1) is 0 Å².